The van der Waals surface area contributed by atoms with Gasteiger partial charge in [-0.3, -0.25) is 9.69 Å². The fraction of sp³-hybridized carbons (Fsp3) is 0.250. The van der Waals surface area contributed by atoms with Gasteiger partial charge < -0.3 is 14.8 Å². The van der Waals surface area contributed by atoms with Gasteiger partial charge in [0, 0.05) is 6.07 Å². The van der Waals surface area contributed by atoms with Gasteiger partial charge in [0.25, 0.3) is 5.91 Å². The highest BCUT2D eigenvalue weighted by atomic mass is 32.1. The van der Waals surface area contributed by atoms with Crippen LogP contribution in [0.15, 0.2) is 41.8 Å². The van der Waals surface area contributed by atoms with Crippen molar-refractivity contribution in [3.05, 3.63) is 46.7 Å². The number of rotatable bonds is 5. The first kappa shape index (κ1) is 15.4. The number of nitrogens with one attached hydrogen (secondary N) is 1. The first-order chi connectivity index (χ1) is 11.2. The number of ether oxygens (including phenoxy) is 2. The summed E-state index contributed by atoms with van der Waals surface area (Å²) in [6.07, 6.45) is -0.800. The van der Waals surface area contributed by atoms with Crippen molar-refractivity contribution in [2.24, 2.45) is 0 Å². The van der Waals surface area contributed by atoms with Crippen LogP contribution < -0.4 is 15.0 Å². The molecule has 120 valence electrons. The van der Waals surface area contributed by atoms with E-state index in [1.54, 1.807) is 19.2 Å². The molecule has 7 heteroatoms. The van der Waals surface area contributed by atoms with Gasteiger partial charge in [-0.25, -0.2) is 4.79 Å². The molecule has 2 amide bonds. The van der Waals surface area contributed by atoms with Crippen LogP contribution in [0.4, 0.5) is 10.5 Å². The van der Waals surface area contributed by atoms with E-state index in [4.69, 9.17) is 9.47 Å². The number of nitrogens with zero attached hydrogens (tertiary/aromatic N) is 1. The molecule has 0 aliphatic carbocycles. The highest BCUT2D eigenvalue weighted by Crippen LogP contribution is 2.25. The number of carbonyl (C=O) groups excluding carboxylic acids is 2. The third-order valence-electron chi connectivity index (χ3n) is 3.47. The summed E-state index contributed by atoms with van der Waals surface area (Å²) < 4.78 is 10.5. The van der Waals surface area contributed by atoms with Gasteiger partial charge in [-0.05, 0) is 23.6 Å². The summed E-state index contributed by atoms with van der Waals surface area (Å²) in [4.78, 5) is 26.1. The molecule has 2 heterocycles. The Balaban J connectivity index is 1.60. The van der Waals surface area contributed by atoms with Crippen molar-refractivity contribution < 1.29 is 19.1 Å². The predicted molar refractivity (Wildman–Crippen MR) is 87.3 cm³/mol. The zero-order valence-corrected chi connectivity index (χ0v) is 13.3. The maximum atomic E-state index is 12.0. The average Bonchev–Trinajstić information content (AvgIpc) is 3.22. The Morgan fingerprint density at radius 1 is 1.43 bits per heavy atom. The number of hydrogen-bond acceptors (Lipinski definition) is 5. The van der Waals surface area contributed by atoms with Crippen LogP contribution in [0.2, 0.25) is 0 Å². The molecule has 1 fully saturated rings. The SMILES string of the molecule is COc1cccc(N2CC(CNC(=O)c3cccs3)OC2=O)c1. The molecule has 1 atom stereocenters. The predicted octanol–water partition coefficient (Wildman–Crippen LogP) is 2.51. The Morgan fingerprint density at radius 2 is 2.30 bits per heavy atom. The van der Waals surface area contributed by atoms with Gasteiger partial charge in [0.05, 0.1) is 30.8 Å². The molecule has 1 N–H and O–H groups in total. The fourth-order valence-corrected chi connectivity index (χ4v) is 2.96. The molecule has 6 nitrogen and oxygen atoms in total. The molecule has 3 rings (SSSR count). The second-order valence-electron chi connectivity index (χ2n) is 5.01. The summed E-state index contributed by atoms with van der Waals surface area (Å²) in [5.74, 6) is 0.514. The van der Waals surface area contributed by atoms with Crippen LogP contribution in [0.25, 0.3) is 0 Å². The highest BCUT2D eigenvalue weighted by molar-refractivity contribution is 7.12. The number of benzene rings is 1. The van der Waals surface area contributed by atoms with Crippen molar-refractivity contribution in [2.45, 2.75) is 6.10 Å². The van der Waals surface area contributed by atoms with Crippen LogP contribution in [-0.4, -0.2) is 38.3 Å². The van der Waals surface area contributed by atoms with Crippen molar-refractivity contribution in [3.63, 3.8) is 0 Å². The van der Waals surface area contributed by atoms with Gasteiger partial charge in [0.15, 0.2) is 0 Å². The number of anilines is 1. The van der Waals surface area contributed by atoms with Crippen LogP contribution in [0.1, 0.15) is 9.67 Å². The van der Waals surface area contributed by atoms with Crippen molar-refractivity contribution in [3.8, 4) is 5.75 Å². The first-order valence-electron chi connectivity index (χ1n) is 7.11. The third-order valence-corrected chi connectivity index (χ3v) is 4.34. The number of carbonyl (C=O) groups is 2. The van der Waals surface area contributed by atoms with Crippen molar-refractivity contribution >= 4 is 29.0 Å². The summed E-state index contributed by atoms with van der Waals surface area (Å²) in [6, 6.07) is 10.8. The van der Waals surface area contributed by atoms with Gasteiger partial charge in [-0.15, -0.1) is 11.3 Å². The third kappa shape index (κ3) is 3.45. The van der Waals surface area contributed by atoms with Crippen LogP contribution in [0.5, 0.6) is 5.75 Å². The molecule has 0 saturated carbocycles. The van der Waals surface area contributed by atoms with Gasteiger partial charge in [-0.2, -0.15) is 0 Å². The van der Waals surface area contributed by atoms with Crippen LogP contribution in [0, 0.1) is 0 Å². The second-order valence-corrected chi connectivity index (χ2v) is 5.95. The maximum absolute atomic E-state index is 12.0. The van der Waals surface area contributed by atoms with E-state index in [2.05, 4.69) is 5.32 Å². The Labute approximate surface area is 137 Å². The van der Waals surface area contributed by atoms with Gasteiger partial charge in [0.1, 0.15) is 11.9 Å². The lowest BCUT2D eigenvalue weighted by molar-refractivity contribution is 0.0920. The molecule has 1 aromatic carbocycles. The molecular formula is C16H16N2O4S. The van der Waals surface area contributed by atoms with E-state index < -0.39 is 6.09 Å². The van der Waals surface area contributed by atoms with Crippen LogP contribution >= 0.6 is 11.3 Å². The number of thiophene rings is 1. The van der Waals surface area contributed by atoms with Crippen LogP contribution in [-0.2, 0) is 4.74 Å². The maximum Gasteiger partial charge on any atom is 0.414 e. The Morgan fingerprint density at radius 3 is 3.04 bits per heavy atom. The summed E-state index contributed by atoms with van der Waals surface area (Å²) >= 11 is 1.37. The van der Waals surface area contributed by atoms with E-state index in [1.165, 1.54) is 16.2 Å². The van der Waals surface area contributed by atoms with E-state index in [-0.39, 0.29) is 18.6 Å². The molecule has 0 radical (unpaired) electrons. The summed E-state index contributed by atoms with van der Waals surface area (Å²) in [5.41, 5.74) is 0.710. The summed E-state index contributed by atoms with van der Waals surface area (Å²) in [5, 5.41) is 4.63. The summed E-state index contributed by atoms with van der Waals surface area (Å²) in [7, 11) is 1.57. The molecule has 0 spiro atoms. The zero-order valence-electron chi connectivity index (χ0n) is 12.5. The molecular weight excluding hydrogens is 316 g/mol. The van der Waals surface area contributed by atoms with Gasteiger partial charge in [-0.1, -0.05) is 12.1 Å². The number of hydrogen-bond donors (Lipinski definition) is 1. The van der Waals surface area contributed by atoms with Crippen molar-refractivity contribution in [1.82, 2.24) is 5.32 Å². The Bertz CT molecular complexity index is 702. The Kier molecular flexibility index (Phi) is 4.47. The molecule has 1 aliphatic rings. The van der Waals surface area contributed by atoms with Crippen molar-refractivity contribution in [2.75, 3.05) is 25.1 Å². The number of methoxy groups -OCH3 is 1. The standard InChI is InChI=1S/C16H16N2O4S/c1-21-12-5-2-4-11(8-12)18-10-13(22-16(18)20)9-17-15(19)14-6-3-7-23-14/h2-8,13H,9-10H2,1H3,(H,17,19). The van der Waals surface area contributed by atoms with E-state index in [9.17, 15) is 9.59 Å². The fourth-order valence-electron chi connectivity index (χ4n) is 2.32. The zero-order chi connectivity index (χ0) is 16.2. The quantitative estimate of drug-likeness (QED) is 0.913. The van der Waals surface area contributed by atoms with E-state index in [0.29, 0.717) is 22.9 Å². The highest BCUT2D eigenvalue weighted by Gasteiger charge is 2.32. The number of cyclic esters (lactones) is 1. The number of amides is 2. The lowest BCUT2D eigenvalue weighted by Crippen LogP contribution is -2.34. The van der Waals surface area contributed by atoms with E-state index >= 15 is 0 Å². The van der Waals surface area contributed by atoms with Crippen LogP contribution in [0.3, 0.4) is 0 Å². The molecule has 1 saturated heterocycles. The molecule has 23 heavy (non-hydrogen) atoms. The smallest absolute Gasteiger partial charge is 0.414 e. The molecule has 2 aromatic rings. The molecule has 1 aliphatic heterocycles. The lowest BCUT2D eigenvalue weighted by atomic mass is 10.2. The monoisotopic (exact) mass is 332 g/mol. The largest absolute Gasteiger partial charge is 0.497 e. The van der Waals surface area contributed by atoms with Gasteiger partial charge in [0.2, 0.25) is 0 Å². The average molecular weight is 332 g/mol. The summed E-state index contributed by atoms with van der Waals surface area (Å²) in [6.45, 7) is 0.666. The molecule has 1 unspecified atom stereocenters. The minimum absolute atomic E-state index is 0.157. The van der Waals surface area contributed by atoms with E-state index in [1.807, 2.05) is 29.6 Å². The lowest BCUT2D eigenvalue weighted by Gasteiger charge is -2.14. The first-order valence-corrected chi connectivity index (χ1v) is 7.99. The molecule has 0 bridgehead atoms. The minimum Gasteiger partial charge on any atom is -0.497 e. The second kappa shape index (κ2) is 6.70. The normalized spacial score (nSPS) is 17.0. The van der Waals surface area contributed by atoms with Gasteiger partial charge >= 0.3 is 6.09 Å². The molecule has 1 aromatic heterocycles. The Hall–Kier alpha value is -2.54. The topological polar surface area (TPSA) is 67.9 Å². The van der Waals surface area contributed by atoms with E-state index in [0.717, 1.165) is 0 Å². The minimum atomic E-state index is -0.423. The van der Waals surface area contributed by atoms with Crippen molar-refractivity contribution in [1.29, 1.82) is 0 Å².